The van der Waals surface area contributed by atoms with Crippen LogP contribution in [0.2, 0.25) is 0 Å². The Morgan fingerprint density at radius 2 is 1.61 bits per heavy atom. The third-order valence-electron chi connectivity index (χ3n) is 3.85. The van der Waals surface area contributed by atoms with Gasteiger partial charge in [-0.15, -0.1) is 11.8 Å². The van der Waals surface area contributed by atoms with Crippen LogP contribution in [0.4, 0.5) is 0 Å². The first kappa shape index (κ1) is 18.1. The Labute approximate surface area is 146 Å². The lowest BCUT2D eigenvalue weighted by Crippen LogP contribution is -2.13. The van der Waals surface area contributed by atoms with Crippen molar-refractivity contribution in [2.45, 2.75) is 53.4 Å². The van der Waals surface area contributed by atoms with E-state index in [1.807, 2.05) is 11.8 Å². The maximum absolute atomic E-state index is 2.47. The molecular weight excluding hydrogens is 296 g/mol. The van der Waals surface area contributed by atoms with E-state index in [9.17, 15) is 0 Å². The predicted molar refractivity (Wildman–Crippen MR) is 107 cm³/mol. The summed E-state index contributed by atoms with van der Waals surface area (Å²) in [4.78, 5) is 1.40. The summed E-state index contributed by atoms with van der Waals surface area (Å²) in [6.45, 7) is 16.1. The number of benzene rings is 2. The van der Waals surface area contributed by atoms with Gasteiger partial charge < -0.3 is 0 Å². The first-order valence-corrected chi connectivity index (χ1v) is 9.50. The number of fused-ring (bicyclic) bond motifs is 1. The van der Waals surface area contributed by atoms with E-state index in [1.165, 1.54) is 26.8 Å². The highest BCUT2D eigenvalue weighted by molar-refractivity contribution is 7.99. The van der Waals surface area contributed by atoms with Gasteiger partial charge in [0.2, 0.25) is 0 Å². The highest BCUT2D eigenvalue weighted by Gasteiger charge is 2.25. The first-order chi connectivity index (χ1) is 10.6. The van der Waals surface area contributed by atoms with Crippen molar-refractivity contribution in [1.82, 2.24) is 0 Å². The molecule has 2 rings (SSSR count). The zero-order valence-corrected chi connectivity index (χ0v) is 16.5. The van der Waals surface area contributed by atoms with Crippen molar-refractivity contribution < 1.29 is 0 Å². The molecule has 0 atom stereocenters. The third kappa shape index (κ3) is 4.41. The van der Waals surface area contributed by atoms with Gasteiger partial charge in [-0.25, -0.2) is 0 Å². The maximum Gasteiger partial charge on any atom is 0.0154 e. The second-order valence-corrected chi connectivity index (χ2v) is 9.57. The molecule has 0 aliphatic rings. The molecule has 0 aliphatic heterocycles. The summed E-state index contributed by atoms with van der Waals surface area (Å²) in [6.07, 6.45) is 2.47. The third-order valence-corrected chi connectivity index (χ3v) is 4.79. The van der Waals surface area contributed by atoms with Crippen molar-refractivity contribution in [2.75, 3.05) is 5.75 Å². The van der Waals surface area contributed by atoms with Crippen molar-refractivity contribution in [1.29, 1.82) is 0 Å². The summed E-state index contributed by atoms with van der Waals surface area (Å²) in [6, 6.07) is 13.3. The second-order valence-electron chi connectivity index (χ2n) is 8.27. The topological polar surface area (TPSA) is 0 Å². The van der Waals surface area contributed by atoms with Gasteiger partial charge in [-0.3, -0.25) is 0 Å². The second kappa shape index (κ2) is 6.73. The van der Waals surface area contributed by atoms with Crippen LogP contribution in [0.25, 0.3) is 16.3 Å². The van der Waals surface area contributed by atoms with E-state index in [0.717, 1.165) is 5.75 Å². The Morgan fingerprint density at radius 1 is 0.957 bits per heavy atom. The lowest BCUT2D eigenvalue weighted by atomic mass is 9.76. The van der Waals surface area contributed by atoms with Crippen molar-refractivity contribution >= 4 is 28.1 Å². The van der Waals surface area contributed by atoms with E-state index in [1.54, 1.807) is 0 Å². The molecular formula is C22H30S. The van der Waals surface area contributed by atoms with Crippen LogP contribution in [0.3, 0.4) is 0 Å². The van der Waals surface area contributed by atoms with E-state index in [-0.39, 0.29) is 10.8 Å². The number of rotatable bonds is 3. The molecule has 0 aliphatic carbocycles. The van der Waals surface area contributed by atoms with E-state index in [2.05, 4.69) is 90.9 Å². The number of hydrogen-bond acceptors (Lipinski definition) is 1. The summed E-state index contributed by atoms with van der Waals surface area (Å²) >= 11 is 1.95. The Hall–Kier alpha value is -1.21. The molecule has 0 radical (unpaired) electrons. The largest absolute Gasteiger partial charge is 0.126 e. The lowest BCUT2D eigenvalue weighted by Gasteiger charge is -2.29. The fourth-order valence-corrected chi connectivity index (χ4v) is 3.74. The molecule has 1 heteroatoms. The molecule has 23 heavy (non-hydrogen) atoms. The molecule has 0 N–H and O–H groups in total. The van der Waals surface area contributed by atoms with Crippen LogP contribution in [0.15, 0.2) is 47.4 Å². The van der Waals surface area contributed by atoms with Crippen LogP contribution in [0.5, 0.6) is 0 Å². The molecule has 0 fully saturated rings. The van der Waals surface area contributed by atoms with Crippen molar-refractivity contribution in [2.24, 2.45) is 10.8 Å². The van der Waals surface area contributed by atoms with E-state index in [0.29, 0.717) is 0 Å². The number of hydrogen-bond donors (Lipinski definition) is 0. The van der Waals surface area contributed by atoms with E-state index in [4.69, 9.17) is 0 Å². The van der Waals surface area contributed by atoms with Crippen LogP contribution in [0.1, 0.15) is 54.0 Å². The monoisotopic (exact) mass is 326 g/mol. The molecule has 2 aromatic carbocycles. The minimum Gasteiger partial charge on any atom is -0.126 e. The number of thioether (sulfide) groups is 1. The molecule has 0 amide bonds. The Bertz CT molecular complexity index is 709. The molecule has 0 unspecified atom stereocenters. The van der Waals surface area contributed by atoms with Crippen molar-refractivity contribution in [3.8, 4) is 0 Å². The molecule has 0 bridgehead atoms. The van der Waals surface area contributed by atoms with E-state index < -0.39 is 0 Å². The number of allylic oxidation sites excluding steroid dienone is 2. The SMILES string of the molecule is CCSc1ccc2ccccc2c1C(=CC(C)(C)C)C(C)(C)C. The zero-order valence-electron chi connectivity index (χ0n) is 15.7. The molecule has 0 saturated heterocycles. The Kier molecular flexibility index (Phi) is 5.30. The predicted octanol–water partition coefficient (Wildman–Crippen LogP) is 7.43. The van der Waals surface area contributed by atoms with E-state index >= 15 is 0 Å². The van der Waals surface area contributed by atoms with Gasteiger partial charge in [0.1, 0.15) is 0 Å². The summed E-state index contributed by atoms with van der Waals surface area (Å²) in [5, 5.41) is 2.70. The smallest absolute Gasteiger partial charge is 0.0154 e. The summed E-state index contributed by atoms with van der Waals surface area (Å²) in [5.41, 5.74) is 3.16. The van der Waals surface area contributed by atoms with Crippen LogP contribution in [0, 0.1) is 10.8 Å². The molecule has 0 heterocycles. The fourth-order valence-electron chi connectivity index (χ4n) is 2.90. The highest BCUT2D eigenvalue weighted by Crippen LogP contribution is 2.44. The minimum absolute atomic E-state index is 0.112. The molecule has 0 saturated carbocycles. The zero-order chi connectivity index (χ0) is 17.3. The van der Waals surface area contributed by atoms with Gasteiger partial charge in [-0.2, -0.15) is 0 Å². The van der Waals surface area contributed by atoms with Gasteiger partial charge in [0.05, 0.1) is 0 Å². The molecule has 0 aromatic heterocycles. The molecule has 0 nitrogen and oxygen atoms in total. The van der Waals surface area contributed by atoms with Gasteiger partial charge in [0, 0.05) is 4.90 Å². The van der Waals surface area contributed by atoms with Crippen LogP contribution in [-0.2, 0) is 0 Å². The Morgan fingerprint density at radius 3 is 2.17 bits per heavy atom. The average molecular weight is 327 g/mol. The minimum atomic E-state index is 0.112. The van der Waals surface area contributed by atoms with Crippen molar-refractivity contribution in [3.05, 3.63) is 48.0 Å². The maximum atomic E-state index is 2.47. The summed E-state index contributed by atoms with van der Waals surface area (Å²) in [5.74, 6) is 1.10. The summed E-state index contributed by atoms with van der Waals surface area (Å²) in [7, 11) is 0. The van der Waals surface area contributed by atoms with Gasteiger partial charge in [0.15, 0.2) is 0 Å². The van der Waals surface area contributed by atoms with Crippen LogP contribution in [-0.4, -0.2) is 5.75 Å². The van der Waals surface area contributed by atoms with Crippen LogP contribution >= 0.6 is 11.8 Å². The lowest BCUT2D eigenvalue weighted by molar-refractivity contribution is 0.517. The summed E-state index contributed by atoms with van der Waals surface area (Å²) < 4.78 is 0. The van der Waals surface area contributed by atoms with Gasteiger partial charge >= 0.3 is 0 Å². The normalized spacial score (nSPS) is 13.6. The molecule has 2 aromatic rings. The fraction of sp³-hybridized carbons (Fsp3) is 0.455. The Balaban J connectivity index is 2.85. The molecule has 0 spiro atoms. The van der Waals surface area contributed by atoms with Gasteiger partial charge in [-0.1, -0.05) is 84.9 Å². The molecule has 124 valence electrons. The average Bonchev–Trinajstić information content (AvgIpc) is 2.43. The highest BCUT2D eigenvalue weighted by atomic mass is 32.2. The standard InChI is InChI=1S/C22H30S/c1-8-23-19-14-13-16-11-9-10-12-17(16)20(19)18(22(5,6)7)15-21(2,3)4/h9-15H,8H2,1-7H3. The van der Waals surface area contributed by atoms with Crippen LogP contribution < -0.4 is 0 Å². The van der Waals surface area contributed by atoms with Crippen molar-refractivity contribution in [3.63, 3.8) is 0 Å². The van der Waals surface area contributed by atoms with Gasteiger partial charge in [-0.05, 0) is 44.6 Å². The first-order valence-electron chi connectivity index (χ1n) is 8.52. The quantitative estimate of drug-likeness (QED) is 0.528. The van der Waals surface area contributed by atoms with Gasteiger partial charge in [0.25, 0.3) is 0 Å².